The van der Waals surface area contributed by atoms with E-state index in [1.54, 1.807) is 4.90 Å². The molecule has 2 rings (SSSR count). The maximum absolute atomic E-state index is 13.3. The number of aryl methyl sites for hydroxylation is 1. The lowest BCUT2D eigenvalue weighted by Gasteiger charge is -2.28. The number of benzene rings is 1. The van der Waals surface area contributed by atoms with E-state index < -0.39 is 28.8 Å². The van der Waals surface area contributed by atoms with Crippen LogP contribution in [0.25, 0.3) is 0 Å². The Morgan fingerprint density at radius 1 is 0.892 bits per heavy atom. The molecule has 2 amide bonds. The largest absolute Gasteiger partial charge is 0.460 e. The van der Waals surface area contributed by atoms with Crippen LogP contribution in [0.2, 0.25) is 0 Å². The molecule has 2 atom stereocenters. The van der Waals surface area contributed by atoms with Crippen molar-refractivity contribution in [3.05, 3.63) is 34.9 Å². The highest BCUT2D eigenvalue weighted by Gasteiger charge is 2.39. The van der Waals surface area contributed by atoms with Crippen LogP contribution >= 0.6 is 0 Å². The molecule has 0 spiro atoms. The smallest absolute Gasteiger partial charge is 0.410 e. The fourth-order valence-corrected chi connectivity index (χ4v) is 4.34. The Balaban J connectivity index is 2.20. The number of ether oxygens (including phenoxy) is 3. The van der Waals surface area contributed by atoms with Crippen LogP contribution in [0, 0.1) is 18.8 Å². The molecule has 1 saturated heterocycles. The van der Waals surface area contributed by atoms with Gasteiger partial charge in [-0.3, -0.25) is 4.79 Å². The van der Waals surface area contributed by atoms with Gasteiger partial charge in [0.15, 0.2) is 0 Å². The second-order valence-corrected chi connectivity index (χ2v) is 13.0. The topological polar surface area (TPSA) is 94.2 Å². The molecule has 1 aliphatic heterocycles. The molecule has 0 bridgehead atoms. The van der Waals surface area contributed by atoms with E-state index >= 15 is 0 Å². The Labute approximate surface area is 222 Å². The molecule has 1 heterocycles. The highest BCUT2D eigenvalue weighted by atomic mass is 16.6. The minimum absolute atomic E-state index is 0.0498. The number of esters is 1. The van der Waals surface area contributed by atoms with Gasteiger partial charge in [-0.25, -0.2) is 9.59 Å². The van der Waals surface area contributed by atoms with Gasteiger partial charge in [-0.1, -0.05) is 23.8 Å². The number of carbonyl (C=O) groups excluding carboxylic acids is 3. The summed E-state index contributed by atoms with van der Waals surface area (Å²) in [6.45, 7) is 19.8. The highest BCUT2D eigenvalue weighted by molar-refractivity contribution is 5.74. The second-order valence-electron chi connectivity index (χ2n) is 13.0. The quantitative estimate of drug-likeness (QED) is 0.379. The molecule has 208 valence electrons. The number of hydrogen-bond donors (Lipinski definition) is 1. The maximum atomic E-state index is 13.3. The number of amides is 2. The molecular formula is C29H46N2O6. The maximum Gasteiger partial charge on any atom is 0.410 e. The first kappa shape index (κ1) is 30.5. The summed E-state index contributed by atoms with van der Waals surface area (Å²) in [5, 5.41) is 2.80. The van der Waals surface area contributed by atoms with E-state index in [9.17, 15) is 14.4 Å². The number of hydrogen-bond acceptors (Lipinski definition) is 6. The summed E-state index contributed by atoms with van der Waals surface area (Å²) in [7, 11) is 0. The van der Waals surface area contributed by atoms with E-state index in [1.807, 2.05) is 81.4 Å². The monoisotopic (exact) mass is 518 g/mol. The normalized spacial score (nSPS) is 17.2. The van der Waals surface area contributed by atoms with E-state index in [0.717, 1.165) is 16.7 Å². The summed E-state index contributed by atoms with van der Waals surface area (Å²) < 4.78 is 16.7. The summed E-state index contributed by atoms with van der Waals surface area (Å²) in [6, 6.07) is 6.06. The van der Waals surface area contributed by atoms with Gasteiger partial charge in [-0.05, 0) is 99.1 Å². The predicted molar refractivity (Wildman–Crippen MR) is 143 cm³/mol. The molecule has 1 aromatic carbocycles. The van der Waals surface area contributed by atoms with Crippen molar-refractivity contribution in [2.75, 3.05) is 13.1 Å². The lowest BCUT2D eigenvalue weighted by molar-refractivity contribution is -0.162. The number of nitrogens with zero attached hydrogens (tertiary/aromatic N) is 1. The molecule has 0 aromatic heterocycles. The van der Waals surface area contributed by atoms with E-state index in [-0.39, 0.29) is 18.0 Å². The molecule has 1 N–H and O–H groups in total. The van der Waals surface area contributed by atoms with E-state index in [4.69, 9.17) is 14.2 Å². The van der Waals surface area contributed by atoms with Crippen LogP contribution < -0.4 is 5.32 Å². The van der Waals surface area contributed by atoms with Gasteiger partial charge in [0.05, 0.1) is 5.92 Å². The first-order chi connectivity index (χ1) is 16.8. The Morgan fingerprint density at radius 3 is 2.03 bits per heavy atom. The van der Waals surface area contributed by atoms with Gasteiger partial charge in [-0.2, -0.15) is 0 Å². The van der Waals surface area contributed by atoms with Crippen LogP contribution in [0.3, 0.4) is 0 Å². The van der Waals surface area contributed by atoms with Crippen LogP contribution in [0.1, 0.15) is 85.4 Å². The third-order valence-electron chi connectivity index (χ3n) is 5.64. The van der Waals surface area contributed by atoms with E-state index in [0.29, 0.717) is 32.5 Å². The van der Waals surface area contributed by atoms with Gasteiger partial charge in [0.25, 0.3) is 0 Å². The summed E-state index contributed by atoms with van der Waals surface area (Å²) in [6.07, 6.45) is 0.338. The van der Waals surface area contributed by atoms with Crippen molar-refractivity contribution < 1.29 is 28.6 Å². The predicted octanol–water partition coefficient (Wildman–Crippen LogP) is 5.78. The number of nitrogens with one attached hydrogen (secondary N) is 1. The molecule has 0 aliphatic carbocycles. The Hall–Kier alpha value is -2.77. The molecule has 0 saturated carbocycles. The van der Waals surface area contributed by atoms with Gasteiger partial charge in [0.1, 0.15) is 16.8 Å². The minimum atomic E-state index is -0.617. The number of rotatable bonds is 6. The first-order valence-electron chi connectivity index (χ1n) is 13.1. The Kier molecular flexibility index (Phi) is 9.66. The van der Waals surface area contributed by atoms with Crippen molar-refractivity contribution in [3.63, 3.8) is 0 Å². The van der Waals surface area contributed by atoms with E-state index in [1.165, 1.54) is 0 Å². The second kappa shape index (κ2) is 11.7. The van der Waals surface area contributed by atoms with Gasteiger partial charge in [-0.15, -0.1) is 0 Å². The van der Waals surface area contributed by atoms with Crippen molar-refractivity contribution in [3.8, 4) is 0 Å². The zero-order chi connectivity index (χ0) is 28.2. The zero-order valence-electron chi connectivity index (χ0n) is 24.3. The SMILES string of the molecule is Cc1cc(CNC(=O)OC(C)(C)C)cc(C[C@H](C(=O)OC(C)(C)C)[C@H]2CCN(C(=O)OC(C)(C)C)C2)c1. The first-order valence-corrected chi connectivity index (χ1v) is 13.1. The molecule has 8 heteroatoms. The van der Waals surface area contributed by atoms with Crippen molar-refractivity contribution in [1.82, 2.24) is 10.2 Å². The average molecular weight is 519 g/mol. The molecule has 1 aliphatic rings. The fourth-order valence-electron chi connectivity index (χ4n) is 4.34. The lowest BCUT2D eigenvalue weighted by Crippen LogP contribution is -2.38. The Bertz CT molecular complexity index is 968. The minimum Gasteiger partial charge on any atom is -0.460 e. The van der Waals surface area contributed by atoms with Crippen LogP contribution in [0.5, 0.6) is 0 Å². The van der Waals surface area contributed by atoms with Crippen molar-refractivity contribution in [1.29, 1.82) is 0 Å². The van der Waals surface area contributed by atoms with Crippen LogP contribution in [-0.4, -0.2) is 52.9 Å². The molecule has 1 aromatic rings. The molecule has 0 unspecified atom stereocenters. The third kappa shape index (κ3) is 11.0. The average Bonchev–Trinajstić information content (AvgIpc) is 3.16. The van der Waals surface area contributed by atoms with Crippen molar-refractivity contribution in [2.45, 2.75) is 105 Å². The van der Waals surface area contributed by atoms with Crippen molar-refractivity contribution in [2.24, 2.45) is 11.8 Å². The summed E-state index contributed by atoms with van der Waals surface area (Å²) >= 11 is 0. The van der Waals surface area contributed by atoms with Gasteiger partial charge in [0, 0.05) is 19.6 Å². The standard InChI is InChI=1S/C29H46N2O6/c1-19-13-20(15-21(14-19)17-30-25(33)36-28(5,6)7)16-23(24(32)35-27(2,3)4)22-11-12-31(18-22)26(34)37-29(8,9)10/h13-15,22-23H,11-12,16-18H2,1-10H3,(H,30,33)/t22-,23-/m0/s1. The van der Waals surface area contributed by atoms with Gasteiger partial charge >= 0.3 is 18.2 Å². The summed E-state index contributed by atoms with van der Waals surface area (Å²) in [5.41, 5.74) is 1.16. The van der Waals surface area contributed by atoms with Crippen LogP contribution in [-0.2, 0) is 32.0 Å². The zero-order valence-corrected chi connectivity index (χ0v) is 24.3. The Morgan fingerprint density at radius 2 is 1.46 bits per heavy atom. The molecule has 8 nitrogen and oxygen atoms in total. The molecular weight excluding hydrogens is 472 g/mol. The summed E-state index contributed by atoms with van der Waals surface area (Å²) in [5.74, 6) is -0.732. The molecule has 1 fully saturated rings. The number of carbonyl (C=O) groups is 3. The molecule has 0 radical (unpaired) electrons. The number of likely N-dealkylation sites (tertiary alicyclic amines) is 1. The van der Waals surface area contributed by atoms with E-state index in [2.05, 4.69) is 11.4 Å². The van der Waals surface area contributed by atoms with Gasteiger partial charge < -0.3 is 24.4 Å². The fraction of sp³-hybridized carbons (Fsp3) is 0.690. The third-order valence-corrected chi connectivity index (χ3v) is 5.64. The molecule has 37 heavy (non-hydrogen) atoms. The van der Waals surface area contributed by atoms with Crippen molar-refractivity contribution >= 4 is 18.2 Å². The van der Waals surface area contributed by atoms with Crippen LogP contribution in [0.4, 0.5) is 9.59 Å². The van der Waals surface area contributed by atoms with Gasteiger partial charge in [0.2, 0.25) is 0 Å². The lowest BCUT2D eigenvalue weighted by atomic mass is 9.85. The summed E-state index contributed by atoms with van der Waals surface area (Å²) in [4.78, 5) is 39.8. The highest BCUT2D eigenvalue weighted by Crippen LogP contribution is 2.31. The number of alkyl carbamates (subject to hydrolysis) is 1. The van der Waals surface area contributed by atoms with Crippen LogP contribution in [0.15, 0.2) is 18.2 Å².